The Balaban J connectivity index is 2.24. The summed E-state index contributed by atoms with van der Waals surface area (Å²) in [5.41, 5.74) is 0. The number of rotatable bonds is 5. The molecule has 0 amide bonds. The summed E-state index contributed by atoms with van der Waals surface area (Å²) in [6.45, 7) is -3.16. The SMILES string of the molecule is S=P(OCl)(Oc1ccccc1Br)Oc1ccccc1Br. The molecule has 0 spiro atoms. The van der Waals surface area contributed by atoms with Crippen molar-refractivity contribution >= 4 is 62.3 Å². The van der Waals surface area contributed by atoms with E-state index in [4.69, 9.17) is 36.8 Å². The van der Waals surface area contributed by atoms with E-state index in [0.29, 0.717) is 11.5 Å². The smallest absolute Gasteiger partial charge is 0.414 e. The lowest BCUT2D eigenvalue weighted by molar-refractivity contribution is 0.396. The Hall–Kier alpha value is -0.100. The number of benzene rings is 2. The van der Waals surface area contributed by atoms with Gasteiger partial charge in [-0.25, -0.2) is 0 Å². The lowest BCUT2D eigenvalue weighted by atomic mass is 10.3. The molecule has 8 heteroatoms. The quantitative estimate of drug-likeness (QED) is 0.509. The van der Waals surface area contributed by atoms with Gasteiger partial charge in [0.05, 0.1) is 20.8 Å². The van der Waals surface area contributed by atoms with E-state index in [1.807, 2.05) is 36.4 Å². The molecule has 0 aromatic heterocycles. The summed E-state index contributed by atoms with van der Waals surface area (Å²) in [6.07, 6.45) is 0. The summed E-state index contributed by atoms with van der Waals surface area (Å²) in [6, 6.07) is 14.5. The molecular weight excluding hydrogens is 450 g/mol. The Labute approximate surface area is 143 Å². The van der Waals surface area contributed by atoms with Crippen LogP contribution in [0.2, 0.25) is 0 Å². The molecule has 0 fully saturated rings. The Morgan fingerprint density at radius 2 is 1.25 bits per heavy atom. The second-order valence-corrected chi connectivity index (χ2v) is 8.42. The third-order valence-corrected chi connectivity index (χ3v) is 5.96. The molecule has 2 rings (SSSR count). The molecular formula is C12H8Br2ClO3PS. The Morgan fingerprint density at radius 1 is 0.850 bits per heavy atom. The fourth-order valence-electron chi connectivity index (χ4n) is 1.33. The molecule has 0 aliphatic carbocycles. The summed E-state index contributed by atoms with van der Waals surface area (Å²) < 4.78 is 17.5. The van der Waals surface area contributed by atoms with Crippen LogP contribution in [-0.4, -0.2) is 0 Å². The maximum atomic E-state index is 5.62. The largest absolute Gasteiger partial charge is 0.451 e. The van der Waals surface area contributed by atoms with Crippen LogP contribution in [0.4, 0.5) is 0 Å². The molecule has 2 aromatic rings. The summed E-state index contributed by atoms with van der Waals surface area (Å²) >= 11 is 17.5. The first kappa shape index (κ1) is 16.3. The molecule has 3 nitrogen and oxygen atoms in total. The number of hydrogen-bond acceptors (Lipinski definition) is 4. The van der Waals surface area contributed by atoms with Crippen molar-refractivity contribution in [2.24, 2.45) is 0 Å². The summed E-state index contributed by atoms with van der Waals surface area (Å²) in [4.78, 5) is 0. The van der Waals surface area contributed by atoms with Gasteiger partial charge in [-0.05, 0) is 56.1 Å². The van der Waals surface area contributed by atoms with Crippen molar-refractivity contribution in [2.45, 2.75) is 0 Å². The van der Waals surface area contributed by atoms with Gasteiger partial charge >= 0.3 is 6.72 Å². The molecule has 0 radical (unpaired) electrons. The highest BCUT2D eigenvalue weighted by atomic mass is 79.9. The van der Waals surface area contributed by atoms with Gasteiger partial charge in [-0.3, -0.25) is 0 Å². The van der Waals surface area contributed by atoms with Crippen molar-refractivity contribution in [3.63, 3.8) is 0 Å². The average molecular weight is 458 g/mol. The molecule has 0 saturated heterocycles. The fourth-order valence-corrected chi connectivity index (χ4v) is 3.85. The van der Waals surface area contributed by atoms with Crippen molar-refractivity contribution in [3.8, 4) is 11.5 Å². The second kappa shape index (κ2) is 7.25. The molecule has 106 valence electrons. The Kier molecular flexibility index (Phi) is 5.90. The lowest BCUT2D eigenvalue weighted by Crippen LogP contribution is -2.01. The van der Waals surface area contributed by atoms with Crippen LogP contribution in [0, 0.1) is 0 Å². The predicted octanol–water partition coefficient (Wildman–Crippen LogP) is 6.06. The number of hydrogen-bond donors (Lipinski definition) is 0. The molecule has 0 bridgehead atoms. The summed E-state index contributed by atoms with van der Waals surface area (Å²) in [7, 11) is 0. The molecule has 0 atom stereocenters. The first-order chi connectivity index (χ1) is 9.54. The fraction of sp³-hybridized carbons (Fsp3) is 0. The minimum absolute atomic E-state index is 0.503. The van der Waals surface area contributed by atoms with Crippen LogP contribution < -0.4 is 9.05 Å². The lowest BCUT2D eigenvalue weighted by Gasteiger charge is -2.20. The molecule has 0 N–H and O–H groups in total. The Morgan fingerprint density at radius 3 is 1.60 bits per heavy atom. The predicted molar refractivity (Wildman–Crippen MR) is 90.8 cm³/mol. The molecule has 20 heavy (non-hydrogen) atoms. The maximum absolute atomic E-state index is 5.62. The first-order valence-electron chi connectivity index (χ1n) is 5.33. The van der Waals surface area contributed by atoms with Crippen LogP contribution in [0.5, 0.6) is 11.5 Å². The van der Waals surface area contributed by atoms with E-state index >= 15 is 0 Å². The van der Waals surface area contributed by atoms with Crippen LogP contribution >= 0.6 is 50.4 Å². The van der Waals surface area contributed by atoms with Crippen LogP contribution in [0.1, 0.15) is 0 Å². The van der Waals surface area contributed by atoms with E-state index in [2.05, 4.69) is 31.9 Å². The number of halogens is 3. The summed E-state index contributed by atoms with van der Waals surface area (Å²) in [5.74, 6) is 1.01. The van der Waals surface area contributed by atoms with E-state index in [9.17, 15) is 0 Å². The van der Waals surface area contributed by atoms with E-state index in [1.165, 1.54) is 0 Å². The van der Waals surface area contributed by atoms with Crippen LogP contribution in [0.25, 0.3) is 0 Å². The average Bonchev–Trinajstić information content (AvgIpc) is 2.44. The summed E-state index contributed by atoms with van der Waals surface area (Å²) in [5, 5.41) is 0. The normalized spacial score (nSPS) is 11.2. The van der Waals surface area contributed by atoms with Gasteiger partial charge in [0, 0.05) is 11.8 Å². The molecule has 0 aliphatic heterocycles. The Bertz CT molecular complexity index is 605. The van der Waals surface area contributed by atoms with E-state index in [-0.39, 0.29) is 0 Å². The molecule has 2 aromatic carbocycles. The topological polar surface area (TPSA) is 27.7 Å². The van der Waals surface area contributed by atoms with E-state index in [0.717, 1.165) is 8.95 Å². The van der Waals surface area contributed by atoms with Gasteiger partial charge in [0.2, 0.25) is 0 Å². The third-order valence-electron chi connectivity index (χ3n) is 2.18. The zero-order valence-electron chi connectivity index (χ0n) is 9.83. The number of para-hydroxylation sites is 2. The van der Waals surface area contributed by atoms with Gasteiger partial charge in [0.25, 0.3) is 0 Å². The van der Waals surface area contributed by atoms with Crippen molar-refractivity contribution in [3.05, 3.63) is 57.5 Å². The zero-order chi connectivity index (χ0) is 14.6. The van der Waals surface area contributed by atoms with Gasteiger partial charge < -0.3 is 9.05 Å². The standard InChI is InChI=1S/C12H8Br2ClO3PS/c13-9-5-1-3-7-11(9)16-19(20,18-15)17-12-8-4-2-6-10(12)14/h1-8H. The van der Waals surface area contributed by atoms with Gasteiger partial charge in [-0.1, -0.05) is 24.3 Å². The van der Waals surface area contributed by atoms with E-state index in [1.54, 1.807) is 12.1 Å². The van der Waals surface area contributed by atoms with Gasteiger partial charge in [0.1, 0.15) is 11.5 Å². The van der Waals surface area contributed by atoms with Crippen molar-refractivity contribution < 1.29 is 13.1 Å². The first-order valence-corrected chi connectivity index (χ1v) is 9.78. The highest BCUT2D eigenvalue weighted by molar-refractivity contribution is 9.11. The van der Waals surface area contributed by atoms with Gasteiger partial charge in [-0.15, -0.1) is 0 Å². The highest BCUT2D eigenvalue weighted by Gasteiger charge is 2.26. The van der Waals surface area contributed by atoms with Crippen LogP contribution in [-0.2, 0) is 15.9 Å². The molecule has 0 saturated carbocycles. The zero-order valence-corrected chi connectivity index (χ0v) is 15.5. The molecule has 0 unspecified atom stereocenters. The van der Waals surface area contributed by atoms with Gasteiger partial charge in [0.15, 0.2) is 0 Å². The van der Waals surface area contributed by atoms with E-state index < -0.39 is 6.72 Å². The molecule has 0 heterocycles. The highest BCUT2D eigenvalue weighted by Crippen LogP contribution is 2.53. The van der Waals surface area contributed by atoms with Gasteiger partial charge in [-0.2, -0.15) is 4.08 Å². The van der Waals surface area contributed by atoms with Crippen molar-refractivity contribution in [1.29, 1.82) is 0 Å². The second-order valence-electron chi connectivity index (χ2n) is 3.56. The maximum Gasteiger partial charge on any atom is 0.451 e. The molecule has 0 aliphatic rings. The minimum atomic E-state index is -3.16. The minimum Gasteiger partial charge on any atom is -0.414 e. The third kappa shape index (κ3) is 4.20. The van der Waals surface area contributed by atoms with Crippen molar-refractivity contribution in [1.82, 2.24) is 0 Å². The van der Waals surface area contributed by atoms with Crippen LogP contribution in [0.15, 0.2) is 57.5 Å². The van der Waals surface area contributed by atoms with Crippen LogP contribution in [0.3, 0.4) is 0 Å². The van der Waals surface area contributed by atoms with Crippen molar-refractivity contribution in [2.75, 3.05) is 0 Å². The monoisotopic (exact) mass is 456 g/mol.